The zero-order valence-corrected chi connectivity index (χ0v) is 13.6. The third-order valence-corrected chi connectivity index (χ3v) is 4.96. The lowest BCUT2D eigenvalue weighted by atomic mass is 9.96. The lowest BCUT2D eigenvalue weighted by Gasteiger charge is -2.34. The van der Waals surface area contributed by atoms with E-state index in [1.165, 1.54) is 0 Å². The lowest BCUT2D eigenvalue weighted by Crippen LogP contribution is -2.41. The van der Waals surface area contributed by atoms with Gasteiger partial charge in [0.05, 0.1) is 5.92 Å². The zero-order valence-electron chi connectivity index (χ0n) is 12.0. The van der Waals surface area contributed by atoms with Crippen LogP contribution in [0.5, 0.6) is 0 Å². The largest absolute Gasteiger partial charge is 0.393 e. The molecule has 1 aliphatic heterocycles. The number of fused-ring (bicyclic) bond motifs is 1. The molecule has 1 nitrogen and oxygen atoms in total. The average molecular weight is 372 g/mol. The molecule has 1 atom stereocenters. The first-order valence-corrected chi connectivity index (χ1v) is 8.19. The minimum atomic E-state index is -4.09. The van der Waals surface area contributed by atoms with Gasteiger partial charge in [-0.05, 0) is 36.4 Å². The van der Waals surface area contributed by atoms with Crippen molar-refractivity contribution in [1.82, 2.24) is 4.90 Å². The van der Waals surface area contributed by atoms with Crippen LogP contribution in [-0.2, 0) is 6.54 Å². The van der Waals surface area contributed by atoms with Crippen molar-refractivity contribution >= 4 is 26.7 Å². The van der Waals surface area contributed by atoms with Gasteiger partial charge in [0.25, 0.3) is 0 Å². The lowest BCUT2D eigenvalue weighted by molar-refractivity contribution is -0.187. The Morgan fingerprint density at radius 1 is 1.14 bits per heavy atom. The number of rotatable bonds is 2. The van der Waals surface area contributed by atoms with Crippen LogP contribution in [0.25, 0.3) is 10.8 Å². The Balaban J connectivity index is 1.84. The summed E-state index contributed by atoms with van der Waals surface area (Å²) in [6, 6.07) is 12.0. The molecule has 0 saturated carbocycles. The van der Waals surface area contributed by atoms with Gasteiger partial charge in [-0.3, -0.25) is 4.90 Å². The minimum Gasteiger partial charge on any atom is -0.298 e. The fourth-order valence-corrected chi connectivity index (χ4v) is 3.84. The van der Waals surface area contributed by atoms with E-state index in [0.29, 0.717) is 13.0 Å². The molecule has 0 bridgehead atoms. The SMILES string of the molecule is FC(F)(F)C1CCCN(Cc2cccc3cccc(Br)c23)C1. The van der Waals surface area contributed by atoms with Gasteiger partial charge in [0.1, 0.15) is 0 Å². The first kappa shape index (κ1) is 15.8. The van der Waals surface area contributed by atoms with E-state index in [-0.39, 0.29) is 13.0 Å². The van der Waals surface area contributed by atoms with Gasteiger partial charge in [-0.15, -0.1) is 0 Å². The summed E-state index contributed by atoms with van der Waals surface area (Å²) >= 11 is 3.56. The summed E-state index contributed by atoms with van der Waals surface area (Å²) in [6.07, 6.45) is -3.23. The van der Waals surface area contributed by atoms with Gasteiger partial charge in [0, 0.05) is 22.9 Å². The number of nitrogens with zero attached hydrogens (tertiary/aromatic N) is 1. The van der Waals surface area contributed by atoms with Gasteiger partial charge in [-0.25, -0.2) is 0 Å². The molecule has 0 amide bonds. The average Bonchev–Trinajstić information content (AvgIpc) is 2.47. The van der Waals surface area contributed by atoms with Gasteiger partial charge >= 0.3 is 6.18 Å². The van der Waals surface area contributed by atoms with E-state index in [1.807, 2.05) is 41.3 Å². The highest BCUT2D eigenvalue weighted by atomic mass is 79.9. The molecule has 0 N–H and O–H groups in total. The Kier molecular flexibility index (Phi) is 4.46. The van der Waals surface area contributed by atoms with Crippen LogP contribution in [0.1, 0.15) is 18.4 Å². The second-order valence-electron chi connectivity index (χ2n) is 5.87. The molecule has 1 saturated heterocycles. The highest BCUT2D eigenvalue weighted by molar-refractivity contribution is 9.10. The molecule has 2 aromatic carbocycles. The van der Waals surface area contributed by atoms with Gasteiger partial charge < -0.3 is 0 Å². The summed E-state index contributed by atoms with van der Waals surface area (Å²) in [5.41, 5.74) is 1.08. The van der Waals surface area contributed by atoms with Crippen molar-refractivity contribution in [3.8, 4) is 0 Å². The third-order valence-electron chi connectivity index (χ3n) is 4.30. The Morgan fingerprint density at radius 3 is 2.59 bits per heavy atom. The van der Waals surface area contributed by atoms with Crippen LogP contribution in [0.4, 0.5) is 13.2 Å². The first-order valence-electron chi connectivity index (χ1n) is 7.40. The summed E-state index contributed by atoms with van der Waals surface area (Å²) < 4.78 is 39.8. The third kappa shape index (κ3) is 3.30. The standard InChI is InChI=1S/C17H17BrF3N/c18-15-8-2-5-12-4-1-6-13(16(12)15)10-22-9-3-7-14(11-22)17(19,20)21/h1-2,4-6,8,14H,3,7,9-11H2. The number of hydrogen-bond donors (Lipinski definition) is 0. The summed E-state index contributed by atoms with van der Waals surface area (Å²) in [6.45, 7) is 1.39. The topological polar surface area (TPSA) is 3.24 Å². The van der Waals surface area contributed by atoms with Crippen molar-refractivity contribution in [2.24, 2.45) is 5.92 Å². The van der Waals surface area contributed by atoms with Crippen LogP contribution < -0.4 is 0 Å². The number of halogens is 4. The molecule has 0 aliphatic carbocycles. The maximum Gasteiger partial charge on any atom is 0.393 e. The molecule has 118 valence electrons. The fraction of sp³-hybridized carbons (Fsp3) is 0.412. The van der Waals surface area contributed by atoms with Gasteiger partial charge in [-0.2, -0.15) is 13.2 Å². The second-order valence-corrected chi connectivity index (χ2v) is 6.73. The number of benzene rings is 2. The van der Waals surface area contributed by atoms with E-state index in [2.05, 4.69) is 15.9 Å². The van der Waals surface area contributed by atoms with E-state index in [0.717, 1.165) is 27.4 Å². The Bertz CT molecular complexity index is 663. The molecule has 0 radical (unpaired) electrons. The molecular formula is C17H17BrF3N. The van der Waals surface area contributed by atoms with Crippen LogP contribution in [0.3, 0.4) is 0 Å². The molecule has 2 aromatic rings. The molecule has 22 heavy (non-hydrogen) atoms. The quantitative estimate of drug-likeness (QED) is 0.685. The minimum absolute atomic E-state index is 0.102. The van der Waals surface area contributed by atoms with E-state index in [4.69, 9.17) is 0 Å². The Morgan fingerprint density at radius 2 is 1.86 bits per heavy atom. The molecule has 1 heterocycles. The Hall–Kier alpha value is -1.07. The molecule has 1 aliphatic rings. The zero-order chi connectivity index (χ0) is 15.7. The van der Waals surface area contributed by atoms with Crippen molar-refractivity contribution in [3.63, 3.8) is 0 Å². The first-order chi connectivity index (χ1) is 10.4. The molecular weight excluding hydrogens is 355 g/mol. The molecule has 1 fully saturated rings. The predicted molar refractivity (Wildman–Crippen MR) is 85.7 cm³/mol. The van der Waals surface area contributed by atoms with E-state index >= 15 is 0 Å². The maximum atomic E-state index is 12.9. The normalized spacial score (nSPS) is 20.5. The molecule has 1 unspecified atom stereocenters. The fourth-order valence-electron chi connectivity index (χ4n) is 3.21. The van der Waals surface area contributed by atoms with Crippen LogP contribution >= 0.6 is 15.9 Å². The number of hydrogen-bond acceptors (Lipinski definition) is 1. The molecule has 5 heteroatoms. The Labute approximate surface area is 136 Å². The highest BCUT2D eigenvalue weighted by Gasteiger charge is 2.41. The molecule has 0 aromatic heterocycles. The highest BCUT2D eigenvalue weighted by Crippen LogP contribution is 2.34. The second kappa shape index (κ2) is 6.20. The van der Waals surface area contributed by atoms with Crippen molar-refractivity contribution in [2.75, 3.05) is 13.1 Å². The van der Waals surface area contributed by atoms with E-state index in [9.17, 15) is 13.2 Å². The molecule has 0 spiro atoms. The van der Waals surface area contributed by atoms with Crippen LogP contribution in [0, 0.1) is 5.92 Å². The van der Waals surface area contributed by atoms with E-state index < -0.39 is 12.1 Å². The number of alkyl halides is 3. The maximum absolute atomic E-state index is 12.9. The predicted octanol–water partition coefficient (Wildman–Crippen LogP) is 5.38. The van der Waals surface area contributed by atoms with Gasteiger partial charge in [-0.1, -0.05) is 46.3 Å². The van der Waals surface area contributed by atoms with Crippen LogP contribution in [0.15, 0.2) is 40.9 Å². The summed E-state index contributed by atoms with van der Waals surface area (Å²) in [4.78, 5) is 1.93. The van der Waals surface area contributed by atoms with Crippen molar-refractivity contribution in [1.29, 1.82) is 0 Å². The van der Waals surface area contributed by atoms with Gasteiger partial charge in [0.15, 0.2) is 0 Å². The smallest absolute Gasteiger partial charge is 0.298 e. The monoisotopic (exact) mass is 371 g/mol. The number of likely N-dealkylation sites (tertiary alicyclic amines) is 1. The summed E-state index contributed by atoms with van der Waals surface area (Å²) in [7, 11) is 0. The van der Waals surface area contributed by atoms with Crippen LogP contribution in [-0.4, -0.2) is 24.2 Å². The van der Waals surface area contributed by atoms with E-state index in [1.54, 1.807) is 0 Å². The molecule has 3 rings (SSSR count). The summed E-state index contributed by atoms with van der Waals surface area (Å²) in [5, 5.41) is 2.20. The van der Waals surface area contributed by atoms with Gasteiger partial charge in [0.2, 0.25) is 0 Å². The number of piperidine rings is 1. The van der Waals surface area contributed by atoms with Crippen molar-refractivity contribution in [3.05, 3.63) is 46.4 Å². The van der Waals surface area contributed by atoms with Crippen LogP contribution in [0.2, 0.25) is 0 Å². The summed E-state index contributed by atoms with van der Waals surface area (Å²) in [5.74, 6) is -1.19. The van der Waals surface area contributed by atoms with Crippen molar-refractivity contribution < 1.29 is 13.2 Å². The van der Waals surface area contributed by atoms with Crippen molar-refractivity contribution in [2.45, 2.75) is 25.6 Å².